The minimum atomic E-state index is -0.204. The molecule has 1 aromatic heterocycles. The minimum absolute atomic E-state index is 0. The Kier molecular flexibility index (Phi) is 13.6. The molecule has 0 radical (unpaired) electrons. The van der Waals surface area contributed by atoms with Gasteiger partial charge in [0.2, 0.25) is 0 Å². The zero-order chi connectivity index (χ0) is 22.9. The first-order valence-corrected chi connectivity index (χ1v) is 12.1. The van der Waals surface area contributed by atoms with Crippen LogP contribution in [0.1, 0.15) is 45.2 Å². The van der Waals surface area contributed by atoms with Gasteiger partial charge in [0.05, 0.1) is 26.1 Å². The van der Waals surface area contributed by atoms with Crippen molar-refractivity contribution in [2.24, 2.45) is 0 Å². The molecule has 186 valence electrons. The lowest BCUT2D eigenvalue weighted by Crippen LogP contribution is -3.11. The van der Waals surface area contributed by atoms with Crippen LogP contribution < -0.4 is 48.3 Å². The number of aromatic nitrogens is 1. The summed E-state index contributed by atoms with van der Waals surface area (Å²) in [5.41, 5.74) is 2.73. The van der Waals surface area contributed by atoms with E-state index in [2.05, 4.69) is 61.4 Å². The monoisotopic (exact) mass is 593 g/mol. The van der Waals surface area contributed by atoms with Crippen LogP contribution in [0.15, 0.2) is 60.9 Å². The van der Waals surface area contributed by atoms with Gasteiger partial charge in [-0.25, -0.2) is 8.96 Å². The third-order valence-corrected chi connectivity index (χ3v) is 6.42. The van der Waals surface area contributed by atoms with Crippen molar-refractivity contribution in [2.45, 2.75) is 40.7 Å². The van der Waals surface area contributed by atoms with Crippen molar-refractivity contribution in [2.75, 3.05) is 37.6 Å². The molecule has 0 aliphatic carbocycles. The van der Waals surface area contributed by atoms with Gasteiger partial charge < -0.3 is 43.8 Å². The molecule has 0 saturated heterocycles. The summed E-state index contributed by atoms with van der Waals surface area (Å²) < 4.78 is 17.2. The number of benzene rings is 2. The summed E-state index contributed by atoms with van der Waals surface area (Å²) in [5.74, 6) is -0.204. The Bertz CT molecular complexity index is 1030. The smallest absolute Gasteiger partial charge is 0.169 e. The predicted octanol–water partition coefficient (Wildman–Crippen LogP) is -1.24. The van der Waals surface area contributed by atoms with Crippen LogP contribution >= 0.6 is 0 Å². The SMILES string of the molecule is CCN(CC)c1ccc2c(/C=C(\F)c3cc[n+](CCC[NH+](CC)CC)cc3)cccc2c1.[Br-].[Br-]. The first-order chi connectivity index (χ1) is 15.6. The van der Waals surface area contributed by atoms with E-state index in [1.165, 1.54) is 25.3 Å². The first-order valence-electron chi connectivity index (χ1n) is 12.1. The molecule has 0 aliphatic rings. The Morgan fingerprint density at radius 2 is 1.62 bits per heavy atom. The number of hydrogen-bond acceptors (Lipinski definition) is 1. The molecular weight excluding hydrogens is 557 g/mol. The van der Waals surface area contributed by atoms with Crippen molar-refractivity contribution in [1.82, 2.24) is 0 Å². The summed E-state index contributed by atoms with van der Waals surface area (Å²) in [6.07, 6.45) is 6.76. The van der Waals surface area contributed by atoms with Crippen molar-refractivity contribution < 1.29 is 47.8 Å². The Hall–Kier alpha value is -1.76. The molecule has 1 heterocycles. The molecule has 0 unspecified atom stereocenters. The van der Waals surface area contributed by atoms with Crippen LogP contribution in [0.25, 0.3) is 22.7 Å². The maximum atomic E-state index is 15.1. The highest BCUT2D eigenvalue weighted by molar-refractivity contribution is 5.95. The number of anilines is 1. The van der Waals surface area contributed by atoms with Gasteiger partial charge in [-0.1, -0.05) is 24.3 Å². The van der Waals surface area contributed by atoms with E-state index in [9.17, 15) is 0 Å². The van der Waals surface area contributed by atoms with Gasteiger partial charge in [-0.15, -0.1) is 0 Å². The zero-order valence-corrected chi connectivity index (χ0v) is 24.0. The molecular formula is C28H38Br2FN3. The molecule has 3 nitrogen and oxygen atoms in total. The highest BCUT2D eigenvalue weighted by Crippen LogP contribution is 2.28. The second-order valence-electron chi connectivity index (χ2n) is 8.30. The van der Waals surface area contributed by atoms with Crippen LogP contribution in [-0.4, -0.2) is 32.7 Å². The van der Waals surface area contributed by atoms with Crippen molar-refractivity contribution in [3.05, 3.63) is 72.1 Å². The van der Waals surface area contributed by atoms with E-state index in [1.54, 1.807) is 11.0 Å². The summed E-state index contributed by atoms with van der Waals surface area (Å²) in [6, 6.07) is 16.3. The van der Waals surface area contributed by atoms with E-state index in [0.29, 0.717) is 5.56 Å². The van der Waals surface area contributed by atoms with Crippen molar-refractivity contribution in [1.29, 1.82) is 0 Å². The molecule has 0 saturated carbocycles. The number of nitrogens with one attached hydrogen (secondary N) is 1. The van der Waals surface area contributed by atoms with E-state index in [0.717, 1.165) is 42.4 Å². The maximum Gasteiger partial charge on any atom is 0.169 e. The fraction of sp³-hybridized carbons (Fsp3) is 0.393. The van der Waals surface area contributed by atoms with E-state index in [4.69, 9.17) is 0 Å². The minimum Gasteiger partial charge on any atom is -1.00 e. The highest BCUT2D eigenvalue weighted by Gasteiger charge is 2.09. The third kappa shape index (κ3) is 7.89. The molecule has 1 N–H and O–H groups in total. The van der Waals surface area contributed by atoms with E-state index in [-0.39, 0.29) is 39.8 Å². The quantitative estimate of drug-likeness (QED) is 0.274. The molecule has 34 heavy (non-hydrogen) atoms. The number of quaternary nitrogens is 1. The number of hydrogen-bond donors (Lipinski definition) is 1. The summed E-state index contributed by atoms with van der Waals surface area (Å²) in [4.78, 5) is 3.95. The van der Waals surface area contributed by atoms with Crippen LogP contribution in [-0.2, 0) is 6.54 Å². The number of nitrogens with zero attached hydrogens (tertiary/aromatic N) is 2. The molecule has 0 atom stereocenters. The average molecular weight is 595 g/mol. The Labute approximate surface area is 225 Å². The molecule has 0 fully saturated rings. The Morgan fingerprint density at radius 3 is 2.24 bits per heavy atom. The maximum absolute atomic E-state index is 15.1. The van der Waals surface area contributed by atoms with Crippen LogP contribution in [0.2, 0.25) is 0 Å². The summed E-state index contributed by atoms with van der Waals surface area (Å²) >= 11 is 0. The Morgan fingerprint density at radius 1 is 0.941 bits per heavy atom. The lowest BCUT2D eigenvalue weighted by Gasteiger charge is -2.21. The van der Waals surface area contributed by atoms with Gasteiger partial charge in [-0.05, 0) is 62.2 Å². The van der Waals surface area contributed by atoms with Gasteiger partial charge >= 0.3 is 0 Å². The largest absolute Gasteiger partial charge is 1.00 e. The zero-order valence-electron chi connectivity index (χ0n) is 20.8. The van der Waals surface area contributed by atoms with Gasteiger partial charge in [0.15, 0.2) is 18.9 Å². The van der Waals surface area contributed by atoms with Crippen molar-refractivity contribution >= 4 is 28.4 Å². The van der Waals surface area contributed by atoms with Crippen LogP contribution in [0.3, 0.4) is 0 Å². The molecule has 0 spiro atoms. The molecule has 0 bridgehead atoms. The third-order valence-electron chi connectivity index (χ3n) is 6.42. The number of aryl methyl sites for hydroxylation is 1. The standard InChI is InChI=1S/C28H37FN3.2BrH/c1-5-30(6-2)17-10-18-31-19-15-23(16-20-31)28(29)22-25-12-9-11-24-21-26(13-14-27(24)25)32(7-3)8-4;;/h9,11-16,19-22H,5-8,10,17-18H2,1-4H3;2*1H/q+1;;/p-1/b28-22-;;. The van der Waals surface area contributed by atoms with Crippen molar-refractivity contribution in [3.63, 3.8) is 0 Å². The fourth-order valence-corrected chi connectivity index (χ4v) is 4.31. The van der Waals surface area contributed by atoms with Gasteiger partial charge in [-0.3, -0.25) is 0 Å². The number of pyridine rings is 1. The Balaban J connectivity index is 0.00000289. The molecule has 0 aliphatic heterocycles. The molecule has 3 aromatic rings. The van der Waals surface area contributed by atoms with Crippen LogP contribution in [0.5, 0.6) is 0 Å². The fourth-order valence-electron chi connectivity index (χ4n) is 4.31. The second kappa shape index (κ2) is 15.3. The average Bonchev–Trinajstić information content (AvgIpc) is 2.83. The van der Waals surface area contributed by atoms with Crippen LogP contribution in [0.4, 0.5) is 10.1 Å². The summed E-state index contributed by atoms with van der Waals surface area (Å²) in [7, 11) is 0. The lowest BCUT2D eigenvalue weighted by molar-refractivity contribution is -0.898. The lowest BCUT2D eigenvalue weighted by atomic mass is 10.0. The summed E-state index contributed by atoms with van der Waals surface area (Å²) in [6.45, 7) is 15.2. The second-order valence-corrected chi connectivity index (χ2v) is 8.30. The van der Waals surface area contributed by atoms with Gasteiger partial charge in [0, 0.05) is 36.5 Å². The van der Waals surface area contributed by atoms with E-state index in [1.807, 2.05) is 36.7 Å². The van der Waals surface area contributed by atoms with Gasteiger partial charge in [0.1, 0.15) is 5.83 Å². The van der Waals surface area contributed by atoms with E-state index >= 15 is 4.39 Å². The predicted molar refractivity (Wildman–Crippen MR) is 135 cm³/mol. The molecule has 2 aromatic carbocycles. The topological polar surface area (TPSA) is 11.6 Å². The molecule has 3 rings (SSSR count). The number of fused-ring (bicyclic) bond motifs is 1. The van der Waals surface area contributed by atoms with Gasteiger partial charge in [-0.2, -0.15) is 0 Å². The van der Waals surface area contributed by atoms with Gasteiger partial charge in [0.25, 0.3) is 0 Å². The number of halogens is 3. The summed E-state index contributed by atoms with van der Waals surface area (Å²) in [5, 5.41) is 2.21. The number of rotatable bonds is 11. The van der Waals surface area contributed by atoms with Crippen molar-refractivity contribution in [3.8, 4) is 0 Å². The highest BCUT2D eigenvalue weighted by atomic mass is 79.9. The first kappa shape index (κ1) is 30.3. The van der Waals surface area contributed by atoms with E-state index < -0.39 is 0 Å². The van der Waals surface area contributed by atoms with Crippen LogP contribution in [0, 0.1) is 0 Å². The molecule has 0 amide bonds. The molecule has 6 heteroatoms. The normalized spacial score (nSPS) is 11.3.